The molecule has 4 rings (SSSR count). The molecular weight excluding hydrogens is 346 g/mol. The zero-order valence-corrected chi connectivity index (χ0v) is 16.0. The van der Waals surface area contributed by atoms with Crippen LogP contribution in [-0.2, 0) is 13.1 Å². The van der Waals surface area contributed by atoms with Crippen molar-refractivity contribution in [2.75, 3.05) is 18.0 Å². The lowest BCUT2D eigenvalue weighted by atomic mass is 10.1. The average Bonchev–Trinajstić information content (AvgIpc) is 3.29. The number of rotatable bonds is 6. The molecule has 2 heterocycles. The van der Waals surface area contributed by atoms with Gasteiger partial charge in [0.25, 0.3) is 5.91 Å². The molecule has 142 valence electrons. The van der Waals surface area contributed by atoms with Gasteiger partial charge in [0, 0.05) is 38.1 Å². The fourth-order valence-corrected chi connectivity index (χ4v) is 3.68. The number of hydrogen-bond donors (Lipinski definition) is 0. The van der Waals surface area contributed by atoms with Crippen LogP contribution in [0.4, 0.5) is 5.69 Å². The molecule has 3 aromatic rings. The molecule has 2 aromatic carbocycles. The fraction of sp³-hybridized carbons (Fsp3) is 0.250. The zero-order chi connectivity index (χ0) is 19.2. The number of hydrogen-bond acceptors (Lipinski definition) is 3. The molecule has 0 radical (unpaired) electrons. The Morgan fingerprint density at radius 3 is 2.00 bits per heavy atom. The molecule has 1 aliphatic heterocycles. The van der Waals surface area contributed by atoms with Gasteiger partial charge in [-0.1, -0.05) is 60.7 Å². The topological polar surface area (TPSA) is 36.4 Å². The quantitative estimate of drug-likeness (QED) is 0.639. The van der Waals surface area contributed by atoms with Gasteiger partial charge in [-0.2, -0.15) is 0 Å². The van der Waals surface area contributed by atoms with Crippen LogP contribution in [-0.4, -0.2) is 28.9 Å². The van der Waals surface area contributed by atoms with E-state index >= 15 is 0 Å². The van der Waals surface area contributed by atoms with Gasteiger partial charge < -0.3 is 9.80 Å². The molecule has 0 spiro atoms. The molecule has 0 unspecified atom stereocenters. The number of amides is 1. The van der Waals surface area contributed by atoms with E-state index in [1.165, 1.54) is 12.8 Å². The second kappa shape index (κ2) is 8.70. The molecule has 4 nitrogen and oxygen atoms in total. The van der Waals surface area contributed by atoms with Crippen molar-refractivity contribution in [1.29, 1.82) is 0 Å². The van der Waals surface area contributed by atoms with E-state index in [2.05, 4.69) is 34.1 Å². The molecule has 0 bridgehead atoms. The first-order chi connectivity index (χ1) is 13.8. The maximum absolute atomic E-state index is 13.4. The molecule has 1 amide bonds. The van der Waals surface area contributed by atoms with Crippen LogP contribution in [0.1, 0.15) is 34.5 Å². The van der Waals surface area contributed by atoms with Crippen molar-refractivity contribution in [1.82, 2.24) is 9.88 Å². The molecule has 0 atom stereocenters. The van der Waals surface area contributed by atoms with Crippen molar-refractivity contribution in [3.05, 3.63) is 95.8 Å². The lowest BCUT2D eigenvalue weighted by Crippen LogP contribution is -2.31. The smallest absolute Gasteiger partial charge is 0.273 e. The summed E-state index contributed by atoms with van der Waals surface area (Å²) in [6.45, 7) is 3.22. The Balaban J connectivity index is 1.59. The molecular formula is C24H25N3O. The Morgan fingerprint density at radius 1 is 0.857 bits per heavy atom. The fourth-order valence-electron chi connectivity index (χ4n) is 3.68. The number of benzene rings is 2. The van der Waals surface area contributed by atoms with E-state index in [0.29, 0.717) is 18.8 Å². The highest BCUT2D eigenvalue weighted by molar-refractivity contribution is 5.93. The summed E-state index contributed by atoms with van der Waals surface area (Å²) in [6, 6.07) is 24.2. The average molecular weight is 371 g/mol. The standard InChI is InChI=1S/C24H25N3O/c28-24(23-17-22(13-14-25-23)26-15-7-8-16-26)27(18-20-9-3-1-4-10-20)19-21-11-5-2-6-12-21/h1-6,9-14,17H,7-8,15-16,18-19H2. The predicted octanol–water partition coefficient (Wildman–Crippen LogP) is 4.52. The maximum atomic E-state index is 13.4. The largest absolute Gasteiger partial charge is 0.371 e. The second-order valence-corrected chi connectivity index (χ2v) is 7.23. The summed E-state index contributed by atoms with van der Waals surface area (Å²) < 4.78 is 0. The zero-order valence-electron chi connectivity index (χ0n) is 16.0. The van der Waals surface area contributed by atoms with Gasteiger partial charge in [-0.15, -0.1) is 0 Å². The van der Waals surface area contributed by atoms with Gasteiger partial charge >= 0.3 is 0 Å². The van der Waals surface area contributed by atoms with Crippen molar-refractivity contribution < 1.29 is 4.79 Å². The molecule has 1 aliphatic rings. The van der Waals surface area contributed by atoms with Crippen LogP contribution in [0.3, 0.4) is 0 Å². The summed E-state index contributed by atoms with van der Waals surface area (Å²) in [5.41, 5.74) is 3.83. The molecule has 4 heteroatoms. The molecule has 1 saturated heterocycles. The molecule has 28 heavy (non-hydrogen) atoms. The predicted molar refractivity (Wildman–Crippen MR) is 112 cm³/mol. The normalized spacial score (nSPS) is 13.5. The summed E-state index contributed by atoms with van der Waals surface area (Å²) in [4.78, 5) is 22.0. The van der Waals surface area contributed by atoms with Crippen LogP contribution in [0.2, 0.25) is 0 Å². The number of carbonyl (C=O) groups excluding carboxylic acids is 1. The van der Waals surface area contributed by atoms with Gasteiger partial charge in [-0.05, 0) is 36.1 Å². The van der Waals surface area contributed by atoms with Crippen LogP contribution in [0.15, 0.2) is 79.0 Å². The van der Waals surface area contributed by atoms with Gasteiger partial charge in [0.05, 0.1) is 0 Å². The molecule has 0 N–H and O–H groups in total. The highest BCUT2D eigenvalue weighted by Crippen LogP contribution is 2.21. The minimum atomic E-state index is -0.0336. The van der Waals surface area contributed by atoms with E-state index in [-0.39, 0.29) is 5.91 Å². The summed E-state index contributed by atoms with van der Waals surface area (Å²) in [7, 11) is 0. The van der Waals surface area contributed by atoms with Gasteiger partial charge in [0.1, 0.15) is 5.69 Å². The number of aromatic nitrogens is 1. The lowest BCUT2D eigenvalue weighted by molar-refractivity contribution is 0.0724. The van der Waals surface area contributed by atoms with E-state index in [1.54, 1.807) is 6.20 Å². The maximum Gasteiger partial charge on any atom is 0.273 e. The number of carbonyl (C=O) groups is 1. The third-order valence-electron chi connectivity index (χ3n) is 5.15. The van der Waals surface area contributed by atoms with E-state index in [4.69, 9.17) is 0 Å². The van der Waals surface area contributed by atoms with Gasteiger partial charge in [-0.25, -0.2) is 0 Å². The van der Waals surface area contributed by atoms with Crippen LogP contribution >= 0.6 is 0 Å². The van der Waals surface area contributed by atoms with Crippen LogP contribution in [0, 0.1) is 0 Å². The van der Waals surface area contributed by atoms with Crippen molar-refractivity contribution in [2.24, 2.45) is 0 Å². The Morgan fingerprint density at radius 2 is 1.43 bits per heavy atom. The highest BCUT2D eigenvalue weighted by Gasteiger charge is 2.20. The first kappa shape index (κ1) is 18.2. The Kier molecular flexibility index (Phi) is 5.66. The number of anilines is 1. The summed E-state index contributed by atoms with van der Waals surface area (Å²) in [6.07, 6.45) is 4.17. The third kappa shape index (κ3) is 4.39. The summed E-state index contributed by atoms with van der Waals surface area (Å²) in [5, 5.41) is 0. The first-order valence-electron chi connectivity index (χ1n) is 9.88. The van der Waals surface area contributed by atoms with E-state index in [1.807, 2.05) is 53.4 Å². The van der Waals surface area contributed by atoms with E-state index in [9.17, 15) is 4.79 Å². The van der Waals surface area contributed by atoms with Crippen LogP contribution < -0.4 is 4.90 Å². The third-order valence-corrected chi connectivity index (χ3v) is 5.15. The van der Waals surface area contributed by atoms with Gasteiger partial charge in [0.15, 0.2) is 0 Å². The highest BCUT2D eigenvalue weighted by atomic mass is 16.2. The van der Waals surface area contributed by atoms with Crippen LogP contribution in [0.5, 0.6) is 0 Å². The lowest BCUT2D eigenvalue weighted by Gasteiger charge is -2.24. The minimum absolute atomic E-state index is 0.0336. The minimum Gasteiger partial charge on any atom is -0.371 e. The number of nitrogens with zero attached hydrogens (tertiary/aromatic N) is 3. The molecule has 0 saturated carbocycles. The van der Waals surface area contributed by atoms with Gasteiger partial charge in [-0.3, -0.25) is 9.78 Å². The van der Waals surface area contributed by atoms with E-state index < -0.39 is 0 Å². The van der Waals surface area contributed by atoms with Gasteiger partial charge in [0.2, 0.25) is 0 Å². The van der Waals surface area contributed by atoms with Crippen molar-refractivity contribution in [2.45, 2.75) is 25.9 Å². The monoisotopic (exact) mass is 371 g/mol. The van der Waals surface area contributed by atoms with Crippen molar-refractivity contribution in [3.63, 3.8) is 0 Å². The van der Waals surface area contributed by atoms with Crippen molar-refractivity contribution >= 4 is 11.6 Å². The molecule has 1 aromatic heterocycles. The SMILES string of the molecule is O=C(c1cc(N2CCCC2)ccn1)N(Cc1ccccc1)Cc1ccccc1. The Hall–Kier alpha value is -3.14. The molecule has 0 aliphatic carbocycles. The second-order valence-electron chi connectivity index (χ2n) is 7.23. The van der Waals surface area contributed by atoms with Crippen molar-refractivity contribution in [3.8, 4) is 0 Å². The molecule has 1 fully saturated rings. The first-order valence-corrected chi connectivity index (χ1v) is 9.88. The van der Waals surface area contributed by atoms with Crippen LogP contribution in [0.25, 0.3) is 0 Å². The Labute approximate surface area is 166 Å². The summed E-state index contributed by atoms with van der Waals surface area (Å²) >= 11 is 0. The summed E-state index contributed by atoms with van der Waals surface area (Å²) in [5.74, 6) is -0.0336. The Bertz CT molecular complexity index is 864. The number of pyridine rings is 1. The van der Waals surface area contributed by atoms with E-state index in [0.717, 1.165) is 29.9 Å².